The van der Waals surface area contributed by atoms with Crippen LogP contribution in [0.1, 0.15) is 0 Å². The fraction of sp³-hybridized carbons (Fsp3) is 0.0588. The van der Waals surface area contributed by atoms with E-state index in [4.69, 9.17) is 16.3 Å². The van der Waals surface area contributed by atoms with E-state index in [-0.39, 0.29) is 5.75 Å². The van der Waals surface area contributed by atoms with Gasteiger partial charge >= 0.3 is 5.69 Å². The van der Waals surface area contributed by atoms with Crippen LogP contribution >= 0.6 is 11.6 Å². The quantitative estimate of drug-likeness (QED) is 0.490. The van der Waals surface area contributed by atoms with Crippen LogP contribution in [0.4, 0.5) is 5.69 Å². The standard InChI is InChI=1S/C17H12ClNO5S/c1-25(22,23)16-8-4-7-15(17(16)19(20)21)24-14-10-9-13(18)11-5-2-3-6-12(11)14/h2-10H,1H3. The van der Waals surface area contributed by atoms with Crippen LogP contribution in [0.3, 0.4) is 0 Å². The van der Waals surface area contributed by atoms with E-state index in [9.17, 15) is 18.5 Å². The summed E-state index contributed by atoms with van der Waals surface area (Å²) in [5.41, 5.74) is -0.593. The van der Waals surface area contributed by atoms with Gasteiger partial charge in [0.1, 0.15) is 10.6 Å². The normalized spacial score (nSPS) is 11.4. The van der Waals surface area contributed by atoms with Crippen molar-refractivity contribution in [1.82, 2.24) is 0 Å². The number of sulfone groups is 1. The molecule has 0 aliphatic rings. The van der Waals surface area contributed by atoms with Gasteiger partial charge in [0.15, 0.2) is 9.84 Å². The summed E-state index contributed by atoms with van der Waals surface area (Å²) in [6.45, 7) is 0. The van der Waals surface area contributed by atoms with Crippen molar-refractivity contribution in [1.29, 1.82) is 0 Å². The molecule has 0 aliphatic carbocycles. The SMILES string of the molecule is CS(=O)(=O)c1cccc(Oc2ccc(Cl)c3ccccc23)c1[N+](=O)[O-]. The van der Waals surface area contributed by atoms with E-state index < -0.39 is 25.3 Å². The first-order valence-corrected chi connectivity index (χ1v) is 9.38. The first-order chi connectivity index (χ1) is 11.8. The molecule has 0 bridgehead atoms. The van der Waals surface area contributed by atoms with E-state index >= 15 is 0 Å². The minimum absolute atomic E-state index is 0.152. The third kappa shape index (κ3) is 3.29. The second-order valence-electron chi connectivity index (χ2n) is 5.33. The first kappa shape index (κ1) is 17.2. The maximum Gasteiger partial charge on any atom is 0.330 e. The van der Waals surface area contributed by atoms with Crippen molar-refractivity contribution in [2.45, 2.75) is 4.90 Å². The van der Waals surface area contributed by atoms with Crippen LogP contribution in [0, 0.1) is 10.1 Å². The maximum atomic E-state index is 11.8. The van der Waals surface area contributed by atoms with Crippen molar-refractivity contribution in [2.24, 2.45) is 0 Å². The molecule has 6 nitrogen and oxygen atoms in total. The highest BCUT2D eigenvalue weighted by Crippen LogP contribution is 2.39. The van der Waals surface area contributed by atoms with Crippen molar-refractivity contribution < 1.29 is 18.1 Å². The Morgan fingerprint density at radius 1 is 0.960 bits per heavy atom. The molecule has 0 atom stereocenters. The third-order valence-electron chi connectivity index (χ3n) is 3.59. The van der Waals surface area contributed by atoms with Gasteiger partial charge in [-0.2, -0.15) is 0 Å². The molecular weight excluding hydrogens is 366 g/mol. The predicted octanol–water partition coefficient (Wildman–Crippen LogP) is 4.60. The monoisotopic (exact) mass is 377 g/mol. The number of para-hydroxylation sites is 1. The molecule has 3 rings (SSSR count). The summed E-state index contributed by atoms with van der Waals surface area (Å²) in [6, 6.07) is 14.3. The molecule has 0 spiro atoms. The van der Waals surface area contributed by atoms with E-state index in [0.29, 0.717) is 16.2 Å². The van der Waals surface area contributed by atoms with E-state index in [2.05, 4.69) is 0 Å². The van der Waals surface area contributed by atoms with Gasteiger partial charge in [-0.3, -0.25) is 10.1 Å². The van der Waals surface area contributed by atoms with Gasteiger partial charge in [-0.25, -0.2) is 8.42 Å². The van der Waals surface area contributed by atoms with Crippen LogP contribution in [0.25, 0.3) is 10.8 Å². The lowest BCUT2D eigenvalue weighted by atomic mass is 10.1. The topological polar surface area (TPSA) is 86.5 Å². The summed E-state index contributed by atoms with van der Waals surface area (Å²) < 4.78 is 29.4. The van der Waals surface area contributed by atoms with Gasteiger partial charge < -0.3 is 4.74 Å². The lowest BCUT2D eigenvalue weighted by Crippen LogP contribution is -2.04. The fourth-order valence-electron chi connectivity index (χ4n) is 2.51. The smallest absolute Gasteiger partial charge is 0.330 e. The minimum Gasteiger partial charge on any atom is -0.449 e. The van der Waals surface area contributed by atoms with Gasteiger partial charge in [0.2, 0.25) is 5.75 Å². The van der Waals surface area contributed by atoms with Gasteiger partial charge in [-0.1, -0.05) is 41.9 Å². The largest absolute Gasteiger partial charge is 0.449 e. The highest BCUT2D eigenvalue weighted by molar-refractivity contribution is 7.90. The Kier molecular flexibility index (Phi) is 4.36. The van der Waals surface area contributed by atoms with Gasteiger partial charge in [0, 0.05) is 22.1 Å². The van der Waals surface area contributed by atoms with Crippen molar-refractivity contribution in [2.75, 3.05) is 6.26 Å². The van der Waals surface area contributed by atoms with E-state index in [1.165, 1.54) is 18.2 Å². The highest BCUT2D eigenvalue weighted by Gasteiger charge is 2.27. The lowest BCUT2D eigenvalue weighted by Gasteiger charge is -2.11. The molecule has 0 radical (unpaired) electrons. The molecule has 25 heavy (non-hydrogen) atoms. The predicted molar refractivity (Wildman–Crippen MR) is 95.2 cm³/mol. The van der Waals surface area contributed by atoms with E-state index in [1.807, 2.05) is 6.07 Å². The van der Waals surface area contributed by atoms with Crippen LogP contribution in [0.5, 0.6) is 11.5 Å². The summed E-state index contributed by atoms with van der Waals surface area (Å²) in [4.78, 5) is 10.3. The molecule has 0 aromatic heterocycles. The minimum atomic E-state index is -3.79. The Morgan fingerprint density at radius 3 is 2.28 bits per heavy atom. The molecule has 0 N–H and O–H groups in total. The summed E-state index contributed by atoms with van der Waals surface area (Å²) in [5.74, 6) is 0.189. The lowest BCUT2D eigenvalue weighted by molar-refractivity contribution is -0.388. The average molecular weight is 378 g/mol. The molecule has 0 fully saturated rings. The fourth-order valence-corrected chi connectivity index (χ4v) is 3.59. The second kappa shape index (κ2) is 6.34. The summed E-state index contributed by atoms with van der Waals surface area (Å²) >= 11 is 6.16. The zero-order valence-electron chi connectivity index (χ0n) is 13.0. The van der Waals surface area contributed by atoms with Gasteiger partial charge in [0.25, 0.3) is 0 Å². The van der Waals surface area contributed by atoms with Crippen LogP contribution in [-0.4, -0.2) is 19.6 Å². The third-order valence-corrected chi connectivity index (χ3v) is 5.05. The molecule has 0 saturated heterocycles. The average Bonchev–Trinajstić information content (AvgIpc) is 2.56. The number of ether oxygens (including phenoxy) is 1. The summed E-state index contributed by atoms with van der Waals surface area (Å²) in [6.07, 6.45) is 0.913. The maximum absolute atomic E-state index is 11.8. The number of hydrogen-bond acceptors (Lipinski definition) is 5. The van der Waals surface area contributed by atoms with Crippen LogP contribution in [0.2, 0.25) is 5.02 Å². The first-order valence-electron chi connectivity index (χ1n) is 7.11. The molecule has 0 unspecified atom stereocenters. The molecule has 3 aromatic carbocycles. The van der Waals surface area contributed by atoms with Crippen molar-refractivity contribution in [3.05, 3.63) is 69.7 Å². The Labute approximate surface area is 148 Å². The zero-order valence-corrected chi connectivity index (χ0v) is 14.5. The van der Waals surface area contributed by atoms with Crippen LogP contribution < -0.4 is 4.74 Å². The van der Waals surface area contributed by atoms with Crippen molar-refractivity contribution in [3.8, 4) is 11.5 Å². The molecule has 0 aliphatic heterocycles. The number of nitrogens with zero attached hydrogens (tertiary/aromatic N) is 1. The zero-order chi connectivity index (χ0) is 18.2. The number of fused-ring (bicyclic) bond motifs is 1. The Morgan fingerprint density at radius 2 is 1.64 bits per heavy atom. The molecule has 128 valence electrons. The van der Waals surface area contributed by atoms with Crippen LogP contribution in [0.15, 0.2) is 59.5 Å². The molecule has 3 aromatic rings. The second-order valence-corrected chi connectivity index (χ2v) is 7.72. The van der Waals surface area contributed by atoms with Gasteiger partial charge in [-0.15, -0.1) is 0 Å². The summed E-state index contributed by atoms with van der Waals surface area (Å²) in [5, 5.41) is 13.3. The number of rotatable bonds is 4. The molecule has 0 saturated carbocycles. The highest BCUT2D eigenvalue weighted by atomic mass is 35.5. The molecule has 8 heteroatoms. The molecular formula is C17H12ClNO5S. The van der Waals surface area contributed by atoms with Gasteiger partial charge in [0.05, 0.1) is 4.92 Å². The number of benzene rings is 3. The Hall–Kier alpha value is -2.64. The van der Waals surface area contributed by atoms with E-state index in [1.54, 1.807) is 30.3 Å². The van der Waals surface area contributed by atoms with Crippen molar-refractivity contribution >= 4 is 37.9 Å². The van der Waals surface area contributed by atoms with E-state index in [0.717, 1.165) is 11.6 Å². The number of hydrogen-bond donors (Lipinski definition) is 0. The Bertz CT molecular complexity index is 1100. The van der Waals surface area contributed by atoms with Crippen LogP contribution in [-0.2, 0) is 9.84 Å². The summed E-state index contributed by atoms with van der Waals surface area (Å²) in [7, 11) is -3.79. The molecule has 0 heterocycles. The van der Waals surface area contributed by atoms with Crippen molar-refractivity contribution in [3.63, 3.8) is 0 Å². The number of halogens is 1. The molecule has 0 amide bonds. The van der Waals surface area contributed by atoms with Gasteiger partial charge in [-0.05, 0) is 24.3 Å². The number of nitro benzene ring substituents is 1. The Balaban J connectivity index is 2.20. The number of nitro groups is 1.